The molecule has 2 N–H and O–H groups in total. The zero-order chi connectivity index (χ0) is 26.9. The number of morpholine rings is 1. The first-order valence-electron chi connectivity index (χ1n) is 12.1. The van der Waals surface area contributed by atoms with Crippen LogP contribution in [0.5, 0.6) is 0 Å². The predicted octanol–water partition coefficient (Wildman–Crippen LogP) is 4.43. The summed E-state index contributed by atoms with van der Waals surface area (Å²) in [5.74, 6) is -1.12. The summed E-state index contributed by atoms with van der Waals surface area (Å²) in [5.41, 5.74) is 4.06. The first-order chi connectivity index (χ1) is 18.3. The Morgan fingerprint density at radius 3 is 2.37 bits per heavy atom. The summed E-state index contributed by atoms with van der Waals surface area (Å²) in [7, 11) is -0.0101. The molecule has 1 fully saturated rings. The number of sulfonamides is 1. The van der Waals surface area contributed by atoms with Gasteiger partial charge in [0.05, 0.1) is 35.7 Å². The van der Waals surface area contributed by atoms with Crippen LogP contribution >= 0.6 is 0 Å². The number of ether oxygens (including phenoxy) is 1. The first kappa shape index (κ1) is 25.7. The van der Waals surface area contributed by atoms with Gasteiger partial charge < -0.3 is 20.1 Å². The minimum absolute atomic E-state index is 0.0211. The molecule has 1 aliphatic rings. The molecule has 0 atom stereocenters. The predicted molar refractivity (Wildman–Crippen MR) is 148 cm³/mol. The summed E-state index contributed by atoms with van der Waals surface area (Å²) in [6.07, 6.45) is 1.34. The third kappa shape index (κ3) is 4.93. The van der Waals surface area contributed by atoms with Crippen molar-refractivity contribution in [3.8, 4) is 11.1 Å². The van der Waals surface area contributed by atoms with E-state index in [1.165, 1.54) is 16.6 Å². The van der Waals surface area contributed by atoms with Gasteiger partial charge in [-0.25, -0.2) is 13.2 Å². The summed E-state index contributed by atoms with van der Waals surface area (Å²) < 4.78 is 34.3. The van der Waals surface area contributed by atoms with Gasteiger partial charge in [-0.15, -0.1) is 0 Å². The highest BCUT2D eigenvalue weighted by Crippen LogP contribution is 2.37. The van der Waals surface area contributed by atoms with Gasteiger partial charge in [0.25, 0.3) is 0 Å². The van der Waals surface area contributed by atoms with E-state index >= 15 is 0 Å². The number of anilines is 3. The van der Waals surface area contributed by atoms with Crippen molar-refractivity contribution in [2.75, 3.05) is 50.6 Å². The largest absolute Gasteiger partial charge is 0.478 e. The average molecular weight is 533 g/mol. The van der Waals surface area contributed by atoms with E-state index in [0.717, 1.165) is 16.8 Å². The van der Waals surface area contributed by atoms with Crippen molar-refractivity contribution < 1.29 is 23.1 Å². The molecule has 5 rings (SSSR count). The minimum atomic E-state index is -3.95. The van der Waals surface area contributed by atoms with Gasteiger partial charge in [0.2, 0.25) is 10.0 Å². The van der Waals surface area contributed by atoms with Gasteiger partial charge in [0, 0.05) is 44.5 Å². The SMILES string of the molecule is CN(C)c1ccc(-c2ccc3ncc(S(=O)(=O)N4CCOCC4)c(Nc4ccccc4C(=O)O)c3c2)cc1. The van der Waals surface area contributed by atoms with Crippen LogP contribution in [0.15, 0.2) is 77.8 Å². The fraction of sp³-hybridized carbons (Fsp3) is 0.214. The summed E-state index contributed by atoms with van der Waals surface area (Å²) in [4.78, 5) is 18.4. The normalized spacial score (nSPS) is 14.4. The van der Waals surface area contributed by atoms with Crippen molar-refractivity contribution in [2.24, 2.45) is 0 Å². The van der Waals surface area contributed by atoms with Gasteiger partial charge in [-0.05, 0) is 47.5 Å². The maximum atomic E-state index is 13.8. The van der Waals surface area contributed by atoms with Gasteiger partial charge in [-0.2, -0.15) is 4.31 Å². The van der Waals surface area contributed by atoms with Crippen LogP contribution in [-0.4, -0.2) is 69.2 Å². The van der Waals surface area contributed by atoms with Crippen LogP contribution < -0.4 is 10.2 Å². The van der Waals surface area contributed by atoms with E-state index in [-0.39, 0.29) is 34.9 Å². The van der Waals surface area contributed by atoms with Gasteiger partial charge in [-0.1, -0.05) is 30.3 Å². The lowest BCUT2D eigenvalue weighted by Crippen LogP contribution is -2.40. The molecule has 0 saturated carbocycles. The minimum Gasteiger partial charge on any atom is -0.478 e. The number of hydrogen-bond donors (Lipinski definition) is 2. The fourth-order valence-corrected chi connectivity index (χ4v) is 5.98. The third-order valence-electron chi connectivity index (χ3n) is 6.56. The fourth-order valence-electron chi connectivity index (χ4n) is 4.47. The Morgan fingerprint density at radius 1 is 1.00 bits per heavy atom. The number of rotatable bonds is 7. The number of carboxylic acid groups (broad SMARTS) is 1. The topological polar surface area (TPSA) is 112 Å². The maximum absolute atomic E-state index is 13.8. The molecule has 1 aromatic heterocycles. The lowest BCUT2D eigenvalue weighted by Gasteiger charge is -2.27. The molecule has 4 aromatic rings. The van der Waals surface area contributed by atoms with Crippen molar-refractivity contribution in [3.05, 3.63) is 78.5 Å². The van der Waals surface area contributed by atoms with Crippen LogP contribution in [0, 0.1) is 0 Å². The van der Waals surface area contributed by atoms with Crippen molar-refractivity contribution in [1.29, 1.82) is 0 Å². The van der Waals surface area contributed by atoms with E-state index in [4.69, 9.17) is 4.74 Å². The van der Waals surface area contributed by atoms with Crippen LogP contribution in [-0.2, 0) is 14.8 Å². The molecule has 9 nitrogen and oxygen atoms in total. The van der Waals surface area contributed by atoms with Crippen molar-refractivity contribution in [1.82, 2.24) is 9.29 Å². The van der Waals surface area contributed by atoms with E-state index < -0.39 is 16.0 Å². The third-order valence-corrected chi connectivity index (χ3v) is 8.47. The van der Waals surface area contributed by atoms with Gasteiger partial charge in [0.15, 0.2) is 0 Å². The molecule has 0 radical (unpaired) electrons. The second-order valence-electron chi connectivity index (χ2n) is 9.16. The number of pyridine rings is 1. The molecule has 2 heterocycles. The van der Waals surface area contributed by atoms with Crippen LogP contribution in [0.1, 0.15) is 10.4 Å². The molecule has 1 saturated heterocycles. The molecular formula is C28H28N4O5S. The number of aromatic nitrogens is 1. The lowest BCUT2D eigenvalue weighted by atomic mass is 10.0. The zero-order valence-electron chi connectivity index (χ0n) is 21.1. The molecular weight excluding hydrogens is 504 g/mol. The van der Waals surface area contributed by atoms with Crippen molar-refractivity contribution in [3.63, 3.8) is 0 Å². The number of nitrogens with one attached hydrogen (secondary N) is 1. The van der Waals surface area contributed by atoms with Crippen LogP contribution in [0.2, 0.25) is 0 Å². The number of fused-ring (bicyclic) bond motifs is 1. The highest BCUT2D eigenvalue weighted by atomic mass is 32.2. The highest BCUT2D eigenvalue weighted by molar-refractivity contribution is 7.89. The quantitative estimate of drug-likeness (QED) is 0.360. The number of nitrogens with zero attached hydrogens (tertiary/aromatic N) is 3. The van der Waals surface area contributed by atoms with E-state index in [0.29, 0.717) is 24.1 Å². The molecule has 0 aliphatic carbocycles. The second kappa shape index (κ2) is 10.4. The van der Waals surface area contributed by atoms with Gasteiger partial charge in [0.1, 0.15) is 4.90 Å². The number of para-hydroxylation sites is 1. The van der Waals surface area contributed by atoms with E-state index in [2.05, 4.69) is 10.3 Å². The number of hydrogen-bond acceptors (Lipinski definition) is 7. The Labute approximate surface area is 221 Å². The van der Waals surface area contributed by atoms with E-state index in [1.807, 2.05) is 61.5 Å². The molecule has 3 aromatic carbocycles. The van der Waals surface area contributed by atoms with E-state index in [1.54, 1.807) is 18.2 Å². The van der Waals surface area contributed by atoms with Crippen molar-refractivity contribution >= 4 is 44.0 Å². The molecule has 38 heavy (non-hydrogen) atoms. The Kier molecular flexibility index (Phi) is 7.02. The molecule has 1 aliphatic heterocycles. The molecule has 0 unspecified atom stereocenters. The molecule has 0 bridgehead atoms. The standard InChI is InChI=1S/C28H28N4O5S/c1-31(2)21-10-7-19(8-11-21)20-9-12-24-23(17-20)27(30-25-6-4-3-5-22(25)28(33)34)26(18-29-24)38(35,36)32-13-15-37-16-14-32/h3-12,17-18H,13-16H2,1-2H3,(H,29,30)(H,33,34). The van der Waals surface area contributed by atoms with Gasteiger partial charge in [-0.3, -0.25) is 4.98 Å². The smallest absolute Gasteiger partial charge is 0.337 e. The first-order valence-corrected chi connectivity index (χ1v) is 13.6. The summed E-state index contributed by atoms with van der Waals surface area (Å²) in [6.45, 7) is 1.06. The Hall–Kier alpha value is -3.99. The summed E-state index contributed by atoms with van der Waals surface area (Å²) >= 11 is 0. The van der Waals surface area contributed by atoms with E-state index in [9.17, 15) is 18.3 Å². The highest BCUT2D eigenvalue weighted by Gasteiger charge is 2.30. The second-order valence-corrected chi connectivity index (χ2v) is 11.1. The molecule has 10 heteroatoms. The molecule has 196 valence electrons. The zero-order valence-corrected chi connectivity index (χ0v) is 21.9. The Morgan fingerprint density at radius 2 is 1.68 bits per heavy atom. The summed E-state index contributed by atoms with van der Waals surface area (Å²) in [5, 5.41) is 13.5. The average Bonchev–Trinajstić information content (AvgIpc) is 2.93. The van der Waals surface area contributed by atoms with Crippen LogP contribution in [0.25, 0.3) is 22.0 Å². The maximum Gasteiger partial charge on any atom is 0.337 e. The Bertz CT molecular complexity index is 1600. The number of carbonyl (C=O) groups is 1. The number of aromatic carboxylic acids is 1. The number of carboxylic acids is 1. The van der Waals surface area contributed by atoms with Crippen LogP contribution in [0.3, 0.4) is 0 Å². The van der Waals surface area contributed by atoms with Crippen molar-refractivity contribution in [2.45, 2.75) is 4.90 Å². The number of benzene rings is 3. The lowest BCUT2D eigenvalue weighted by molar-refractivity contribution is 0.0698. The van der Waals surface area contributed by atoms with Crippen LogP contribution in [0.4, 0.5) is 17.1 Å². The Balaban J connectivity index is 1.70. The molecule has 0 amide bonds. The monoisotopic (exact) mass is 532 g/mol. The molecule has 0 spiro atoms. The summed E-state index contributed by atoms with van der Waals surface area (Å²) in [6, 6.07) is 20.1. The van der Waals surface area contributed by atoms with Gasteiger partial charge >= 0.3 is 5.97 Å².